The van der Waals surface area contributed by atoms with Crippen LogP contribution >= 0.6 is 12.6 Å². The van der Waals surface area contributed by atoms with E-state index in [0.717, 1.165) is 104 Å². The summed E-state index contributed by atoms with van der Waals surface area (Å²) in [4.78, 5) is 16.9. The zero-order valence-electron chi connectivity index (χ0n) is 29.6. The summed E-state index contributed by atoms with van der Waals surface area (Å²) in [6, 6.07) is 64.1. The van der Waals surface area contributed by atoms with Gasteiger partial charge in [0.15, 0.2) is 0 Å². The molecule has 4 heteroatoms. The van der Waals surface area contributed by atoms with E-state index in [0.29, 0.717) is 0 Å². The Morgan fingerprint density at radius 3 is 1.58 bits per heavy atom. The molecule has 0 saturated heterocycles. The van der Waals surface area contributed by atoms with Gasteiger partial charge in [0.25, 0.3) is 0 Å². The minimum Gasteiger partial charge on any atom is -0.247 e. The summed E-state index contributed by atoms with van der Waals surface area (Å²) in [6.45, 7) is 0. The van der Waals surface area contributed by atoms with Gasteiger partial charge in [0.2, 0.25) is 0 Å². The molecule has 0 fully saturated rings. The lowest BCUT2D eigenvalue weighted by atomic mass is 9.90. The lowest BCUT2D eigenvalue weighted by Crippen LogP contribution is -1.95. The van der Waals surface area contributed by atoms with Gasteiger partial charge in [-0.25, -0.2) is 15.0 Å². The number of pyridine rings is 3. The number of aromatic nitrogens is 3. The Balaban J connectivity index is 1.15. The average molecular weight is 718 g/mol. The van der Waals surface area contributed by atoms with Crippen LogP contribution < -0.4 is 0 Å². The third-order valence-electron chi connectivity index (χ3n) is 10.9. The van der Waals surface area contributed by atoms with Crippen LogP contribution in [0.25, 0.3) is 110 Å². The van der Waals surface area contributed by atoms with Gasteiger partial charge in [-0.3, -0.25) is 0 Å². The molecule has 11 aromatic rings. The molecule has 0 unspecified atom stereocenters. The molecule has 0 aliphatic carbocycles. The molecule has 0 atom stereocenters. The maximum atomic E-state index is 5.44. The first kappa shape index (κ1) is 31.6. The van der Waals surface area contributed by atoms with Crippen molar-refractivity contribution >= 4 is 77.7 Å². The molecule has 256 valence electrons. The molecule has 3 heterocycles. The van der Waals surface area contributed by atoms with Crippen molar-refractivity contribution in [2.24, 2.45) is 0 Å². The van der Waals surface area contributed by atoms with Crippen molar-refractivity contribution in [2.75, 3.05) is 0 Å². The van der Waals surface area contributed by atoms with Crippen LogP contribution in [0.15, 0.2) is 187 Å². The quantitative estimate of drug-likeness (QED) is 0.112. The molecule has 3 nitrogen and oxygen atoms in total. The summed E-state index contributed by atoms with van der Waals surface area (Å²) in [5.74, 6) is 0. The van der Waals surface area contributed by atoms with Gasteiger partial charge in [-0.05, 0) is 68.4 Å². The SMILES string of the molecule is Sc1c(-c2ccccc2)ccc2nc(-c3ccc(-c4ccc5ccc6ccc(-c7ccccc7)nc6c5n4)c4cc5ccccc5cc34)c3ccccc3c12. The summed E-state index contributed by atoms with van der Waals surface area (Å²) < 4.78 is 0. The van der Waals surface area contributed by atoms with E-state index in [-0.39, 0.29) is 0 Å². The minimum absolute atomic E-state index is 0.894. The van der Waals surface area contributed by atoms with Crippen LogP contribution in [0.1, 0.15) is 0 Å². The van der Waals surface area contributed by atoms with Crippen molar-refractivity contribution in [1.82, 2.24) is 15.0 Å². The molecule has 0 amide bonds. The highest BCUT2D eigenvalue weighted by atomic mass is 32.1. The lowest BCUT2D eigenvalue weighted by molar-refractivity contribution is 1.37. The molecule has 0 spiro atoms. The second-order valence-corrected chi connectivity index (χ2v) is 14.5. The van der Waals surface area contributed by atoms with Gasteiger partial charge in [-0.2, -0.15) is 0 Å². The highest BCUT2D eigenvalue weighted by Gasteiger charge is 2.19. The normalized spacial score (nSPS) is 11.7. The summed E-state index contributed by atoms with van der Waals surface area (Å²) >= 11 is 5.15. The van der Waals surface area contributed by atoms with Crippen molar-refractivity contribution in [3.63, 3.8) is 0 Å². The van der Waals surface area contributed by atoms with E-state index in [1.54, 1.807) is 0 Å². The van der Waals surface area contributed by atoms with Crippen LogP contribution in [0, 0.1) is 0 Å². The van der Waals surface area contributed by atoms with E-state index in [1.807, 2.05) is 12.1 Å². The first-order chi connectivity index (χ1) is 27.2. The molecule has 0 N–H and O–H groups in total. The predicted molar refractivity (Wildman–Crippen MR) is 234 cm³/mol. The maximum absolute atomic E-state index is 5.44. The average Bonchev–Trinajstić information content (AvgIpc) is 3.25. The summed E-state index contributed by atoms with van der Waals surface area (Å²) in [6.07, 6.45) is 0. The molecule has 11 rings (SSSR count). The molecule has 0 saturated carbocycles. The van der Waals surface area contributed by atoms with Crippen LogP contribution in [0.2, 0.25) is 0 Å². The van der Waals surface area contributed by atoms with Gasteiger partial charge in [-0.1, -0.05) is 152 Å². The fraction of sp³-hybridized carbons (Fsp3) is 0. The third-order valence-corrected chi connectivity index (χ3v) is 11.4. The molecule has 3 aromatic heterocycles. The van der Waals surface area contributed by atoms with Crippen LogP contribution in [0.3, 0.4) is 0 Å². The lowest BCUT2D eigenvalue weighted by Gasteiger charge is -2.17. The molecule has 0 radical (unpaired) electrons. The number of fused-ring (bicyclic) bond motifs is 8. The summed E-state index contributed by atoms with van der Waals surface area (Å²) in [5.41, 5.74) is 11.0. The standard InChI is InChI=1S/C51H31N3S/c55-51-37(31-11-3-1-4-12-31)25-28-46-47(51)39-17-9-10-18-40(39)50(54-46)41-24-23-38(42-29-35-15-7-8-16-36(35)30-43(41)42)45-27-22-34-20-19-33-21-26-44(32-13-5-2-6-14-32)52-48(33)49(34)53-45/h1-30,55H. The summed E-state index contributed by atoms with van der Waals surface area (Å²) in [5, 5.41) is 10.0. The maximum Gasteiger partial charge on any atom is 0.0972 e. The van der Waals surface area contributed by atoms with E-state index < -0.39 is 0 Å². The fourth-order valence-electron chi connectivity index (χ4n) is 8.23. The number of benzene rings is 8. The van der Waals surface area contributed by atoms with Gasteiger partial charge in [0.1, 0.15) is 0 Å². The number of hydrogen-bond acceptors (Lipinski definition) is 4. The van der Waals surface area contributed by atoms with Crippen molar-refractivity contribution in [3.8, 4) is 44.9 Å². The Bertz CT molecular complexity index is 3320. The number of thiol groups is 1. The smallest absolute Gasteiger partial charge is 0.0972 e. The Hall–Kier alpha value is -6.88. The van der Waals surface area contributed by atoms with E-state index in [9.17, 15) is 0 Å². The van der Waals surface area contributed by atoms with Gasteiger partial charge in [-0.15, -0.1) is 12.6 Å². The molecule has 0 aliphatic rings. The molecular weight excluding hydrogens is 687 g/mol. The fourth-order valence-corrected chi connectivity index (χ4v) is 8.67. The number of nitrogens with zero attached hydrogens (tertiary/aromatic N) is 3. The van der Waals surface area contributed by atoms with Crippen molar-refractivity contribution in [2.45, 2.75) is 4.90 Å². The third kappa shape index (κ3) is 5.18. The van der Waals surface area contributed by atoms with Crippen molar-refractivity contribution < 1.29 is 0 Å². The first-order valence-corrected chi connectivity index (χ1v) is 18.9. The van der Waals surface area contributed by atoms with E-state index in [4.69, 9.17) is 27.6 Å². The second kappa shape index (κ2) is 12.6. The highest BCUT2D eigenvalue weighted by molar-refractivity contribution is 7.80. The molecule has 0 aliphatic heterocycles. The Labute approximate surface area is 323 Å². The molecular formula is C51H31N3S. The van der Waals surface area contributed by atoms with Crippen LogP contribution in [-0.4, -0.2) is 15.0 Å². The highest BCUT2D eigenvalue weighted by Crippen LogP contribution is 2.43. The minimum atomic E-state index is 0.894. The van der Waals surface area contributed by atoms with Crippen LogP contribution in [0.4, 0.5) is 0 Å². The number of hydrogen-bond donors (Lipinski definition) is 1. The molecule has 0 bridgehead atoms. The zero-order valence-corrected chi connectivity index (χ0v) is 30.5. The predicted octanol–water partition coefficient (Wildman–Crippen LogP) is 13.7. The molecule has 8 aromatic carbocycles. The van der Waals surface area contributed by atoms with Crippen LogP contribution in [0.5, 0.6) is 0 Å². The zero-order chi connectivity index (χ0) is 36.5. The van der Waals surface area contributed by atoms with E-state index >= 15 is 0 Å². The van der Waals surface area contributed by atoms with Gasteiger partial charge in [0.05, 0.1) is 33.6 Å². The monoisotopic (exact) mass is 717 g/mol. The Morgan fingerprint density at radius 2 is 0.873 bits per heavy atom. The topological polar surface area (TPSA) is 38.7 Å². The van der Waals surface area contributed by atoms with Gasteiger partial charge < -0.3 is 0 Å². The van der Waals surface area contributed by atoms with Crippen molar-refractivity contribution in [1.29, 1.82) is 0 Å². The Morgan fingerprint density at radius 1 is 0.345 bits per heavy atom. The second-order valence-electron chi connectivity index (χ2n) is 14.1. The Kier molecular flexibility index (Phi) is 7.26. The van der Waals surface area contributed by atoms with E-state index in [1.165, 1.54) is 10.8 Å². The first-order valence-electron chi connectivity index (χ1n) is 18.5. The molecule has 55 heavy (non-hydrogen) atoms. The van der Waals surface area contributed by atoms with Gasteiger partial charge in [0, 0.05) is 43.1 Å². The van der Waals surface area contributed by atoms with E-state index in [2.05, 4.69) is 170 Å². The largest absolute Gasteiger partial charge is 0.247 e. The number of rotatable bonds is 4. The van der Waals surface area contributed by atoms with Crippen molar-refractivity contribution in [3.05, 3.63) is 182 Å². The van der Waals surface area contributed by atoms with Crippen LogP contribution in [-0.2, 0) is 0 Å². The summed E-state index contributed by atoms with van der Waals surface area (Å²) in [7, 11) is 0. The van der Waals surface area contributed by atoms with Gasteiger partial charge >= 0.3 is 0 Å².